The quantitative estimate of drug-likeness (QED) is 0.644. The minimum absolute atomic E-state index is 0.145. The molecule has 0 atom stereocenters. The number of hydrogen-bond donors (Lipinski definition) is 1. The van der Waals surface area contributed by atoms with Gasteiger partial charge in [-0.15, -0.1) is 0 Å². The lowest BCUT2D eigenvalue weighted by molar-refractivity contribution is -0.132. The maximum absolute atomic E-state index is 12.5. The van der Waals surface area contributed by atoms with Crippen LogP contribution in [0.25, 0.3) is 5.69 Å². The molecular formula is C24H26N4O2. The van der Waals surface area contributed by atoms with Crippen molar-refractivity contribution in [2.24, 2.45) is 0 Å². The van der Waals surface area contributed by atoms with Crippen LogP contribution in [0.15, 0.2) is 60.9 Å². The van der Waals surface area contributed by atoms with Crippen molar-refractivity contribution in [3.05, 3.63) is 83.2 Å². The fourth-order valence-corrected chi connectivity index (χ4v) is 3.80. The number of carbonyl (C=O) groups is 2. The minimum Gasteiger partial charge on any atom is -0.352 e. The molecule has 30 heavy (non-hydrogen) atoms. The summed E-state index contributed by atoms with van der Waals surface area (Å²) in [4.78, 5) is 26.8. The molecule has 0 bridgehead atoms. The number of carbonyl (C=O) groups excluding carboxylic acids is 2. The first kappa shape index (κ1) is 19.9. The molecule has 2 heterocycles. The van der Waals surface area contributed by atoms with Gasteiger partial charge in [0.15, 0.2) is 0 Å². The van der Waals surface area contributed by atoms with Crippen LogP contribution in [0.2, 0.25) is 0 Å². The van der Waals surface area contributed by atoms with Crippen molar-refractivity contribution < 1.29 is 9.59 Å². The molecule has 4 rings (SSSR count). The van der Waals surface area contributed by atoms with Crippen molar-refractivity contribution in [2.75, 3.05) is 13.1 Å². The number of hydrogen-bond acceptors (Lipinski definition) is 3. The Bertz CT molecular complexity index is 1060. The summed E-state index contributed by atoms with van der Waals surface area (Å²) in [5, 5.41) is 7.19. The molecule has 1 N–H and O–H groups in total. The van der Waals surface area contributed by atoms with E-state index in [1.807, 2.05) is 48.2 Å². The van der Waals surface area contributed by atoms with Crippen LogP contribution in [0, 0.1) is 6.92 Å². The van der Waals surface area contributed by atoms with Gasteiger partial charge >= 0.3 is 0 Å². The van der Waals surface area contributed by atoms with E-state index in [2.05, 4.69) is 22.5 Å². The average Bonchev–Trinajstić information content (AvgIpc) is 3.26. The van der Waals surface area contributed by atoms with E-state index in [9.17, 15) is 9.59 Å². The van der Waals surface area contributed by atoms with Crippen molar-refractivity contribution >= 4 is 11.8 Å². The number of fused-ring (bicyclic) bond motifs is 1. The van der Waals surface area contributed by atoms with Gasteiger partial charge in [0.2, 0.25) is 5.91 Å². The minimum atomic E-state index is -0.172. The summed E-state index contributed by atoms with van der Waals surface area (Å²) in [6.45, 7) is 3.92. The Morgan fingerprint density at radius 1 is 1.07 bits per heavy atom. The van der Waals surface area contributed by atoms with Crippen molar-refractivity contribution in [1.29, 1.82) is 0 Å². The van der Waals surface area contributed by atoms with Crippen LogP contribution in [0.4, 0.5) is 0 Å². The maximum atomic E-state index is 12.5. The van der Waals surface area contributed by atoms with Crippen LogP contribution < -0.4 is 5.32 Å². The largest absolute Gasteiger partial charge is 0.352 e. The zero-order chi connectivity index (χ0) is 20.9. The first-order valence-corrected chi connectivity index (χ1v) is 10.4. The lowest BCUT2D eigenvalue weighted by Crippen LogP contribution is -2.36. The Morgan fingerprint density at radius 3 is 2.67 bits per heavy atom. The van der Waals surface area contributed by atoms with Gasteiger partial charge < -0.3 is 10.2 Å². The third-order valence-corrected chi connectivity index (χ3v) is 5.54. The van der Waals surface area contributed by atoms with Gasteiger partial charge in [0.05, 0.1) is 17.4 Å². The van der Waals surface area contributed by atoms with Gasteiger partial charge in [0.1, 0.15) is 0 Å². The smallest absolute Gasteiger partial charge is 0.254 e. The predicted octanol–water partition coefficient (Wildman–Crippen LogP) is 3.28. The van der Waals surface area contributed by atoms with Crippen molar-refractivity contribution in [3.8, 4) is 5.69 Å². The van der Waals surface area contributed by atoms with Crippen LogP contribution in [0.3, 0.4) is 0 Å². The van der Waals surface area contributed by atoms with Gasteiger partial charge in [0, 0.05) is 32.3 Å². The molecule has 6 heteroatoms. The molecule has 0 fully saturated rings. The van der Waals surface area contributed by atoms with Gasteiger partial charge in [-0.3, -0.25) is 9.59 Å². The molecule has 1 aliphatic rings. The Morgan fingerprint density at radius 2 is 1.83 bits per heavy atom. The SMILES string of the molecule is Cc1ccccc1-n1cc(C(=O)NCCCC(=O)N2CCc3ccccc3C2)cn1. The van der Waals surface area contributed by atoms with Gasteiger partial charge in [-0.1, -0.05) is 42.5 Å². The van der Waals surface area contributed by atoms with Crippen LogP contribution >= 0.6 is 0 Å². The zero-order valence-corrected chi connectivity index (χ0v) is 17.2. The molecule has 2 amide bonds. The lowest BCUT2D eigenvalue weighted by Gasteiger charge is -2.29. The predicted molar refractivity (Wildman–Crippen MR) is 115 cm³/mol. The normalized spacial score (nSPS) is 13.0. The first-order chi connectivity index (χ1) is 14.6. The summed E-state index contributed by atoms with van der Waals surface area (Å²) in [6, 6.07) is 16.2. The molecule has 2 aromatic carbocycles. The van der Waals surface area contributed by atoms with Crippen LogP contribution in [0.5, 0.6) is 0 Å². The third kappa shape index (κ3) is 4.43. The van der Waals surface area contributed by atoms with E-state index in [0.717, 1.165) is 24.2 Å². The zero-order valence-electron chi connectivity index (χ0n) is 17.2. The van der Waals surface area contributed by atoms with Crippen molar-refractivity contribution in [3.63, 3.8) is 0 Å². The monoisotopic (exact) mass is 402 g/mol. The van der Waals surface area contributed by atoms with E-state index in [4.69, 9.17) is 0 Å². The molecule has 6 nitrogen and oxygen atoms in total. The fraction of sp³-hybridized carbons (Fsp3) is 0.292. The Labute approximate surface area is 176 Å². The van der Waals surface area contributed by atoms with E-state index < -0.39 is 0 Å². The number of nitrogens with zero attached hydrogens (tertiary/aromatic N) is 3. The topological polar surface area (TPSA) is 67.2 Å². The first-order valence-electron chi connectivity index (χ1n) is 10.4. The van der Waals surface area contributed by atoms with Gasteiger partial charge in [0.25, 0.3) is 5.91 Å². The highest BCUT2D eigenvalue weighted by Gasteiger charge is 2.20. The van der Waals surface area contributed by atoms with Crippen molar-refractivity contribution in [1.82, 2.24) is 20.0 Å². The molecule has 154 valence electrons. The molecular weight excluding hydrogens is 376 g/mol. The number of aryl methyl sites for hydroxylation is 1. The maximum Gasteiger partial charge on any atom is 0.254 e. The molecule has 0 saturated carbocycles. The summed E-state index contributed by atoms with van der Waals surface area (Å²) in [7, 11) is 0. The summed E-state index contributed by atoms with van der Waals surface area (Å²) < 4.78 is 1.71. The number of benzene rings is 2. The fourth-order valence-electron chi connectivity index (χ4n) is 3.80. The number of aromatic nitrogens is 2. The summed E-state index contributed by atoms with van der Waals surface area (Å²) in [6.07, 6.45) is 5.26. The van der Waals surface area contributed by atoms with Crippen LogP contribution in [-0.2, 0) is 17.8 Å². The average molecular weight is 402 g/mol. The second kappa shape index (κ2) is 8.95. The molecule has 0 saturated heterocycles. The van der Waals surface area contributed by atoms with E-state index in [1.54, 1.807) is 17.1 Å². The Balaban J connectivity index is 1.24. The molecule has 0 spiro atoms. The Hall–Kier alpha value is -3.41. The highest BCUT2D eigenvalue weighted by molar-refractivity contribution is 5.93. The molecule has 0 radical (unpaired) electrons. The highest BCUT2D eigenvalue weighted by Crippen LogP contribution is 2.19. The van der Waals surface area contributed by atoms with E-state index in [-0.39, 0.29) is 11.8 Å². The number of amides is 2. The third-order valence-electron chi connectivity index (χ3n) is 5.54. The summed E-state index contributed by atoms with van der Waals surface area (Å²) >= 11 is 0. The van der Waals surface area contributed by atoms with Gasteiger partial charge in [-0.05, 0) is 42.5 Å². The lowest BCUT2D eigenvalue weighted by atomic mass is 9.99. The second-order valence-corrected chi connectivity index (χ2v) is 7.65. The number of nitrogens with one attached hydrogen (secondary N) is 1. The second-order valence-electron chi connectivity index (χ2n) is 7.65. The van der Waals surface area contributed by atoms with Gasteiger partial charge in [-0.2, -0.15) is 5.10 Å². The summed E-state index contributed by atoms with van der Waals surface area (Å²) in [5.41, 5.74) is 5.12. The summed E-state index contributed by atoms with van der Waals surface area (Å²) in [5.74, 6) is -0.0275. The molecule has 1 aliphatic heterocycles. The number of para-hydroxylation sites is 1. The van der Waals surface area contributed by atoms with E-state index in [0.29, 0.717) is 31.5 Å². The molecule has 0 aliphatic carbocycles. The molecule has 0 unspecified atom stereocenters. The highest BCUT2D eigenvalue weighted by atomic mass is 16.2. The Kier molecular flexibility index (Phi) is 5.93. The molecule has 3 aromatic rings. The van der Waals surface area contributed by atoms with Crippen molar-refractivity contribution in [2.45, 2.75) is 32.7 Å². The standard InChI is InChI=1S/C24H26N4O2/c1-18-7-2-5-10-22(18)28-17-21(15-26-28)24(30)25-13-6-11-23(29)27-14-12-19-8-3-4-9-20(19)16-27/h2-5,7-10,15,17H,6,11-14,16H2,1H3,(H,25,30). The molecule has 1 aromatic heterocycles. The van der Waals surface area contributed by atoms with Gasteiger partial charge in [-0.25, -0.2) is 4.68 Å². The van der Waals surface area contributed by atoms with Crippen LogP contribution in [-0.4, -0.2) is 39.6 Å². The van der Waals surface area contributed by atoms with Crippen LogP contribution in [0.1, 0.15) is 39.9 Å². The van der Waals surface area contributed by atoms with E-state index >= 15 is 0 Å². The van der Waals surface area contributed by atoms with E-state index in [1.165, 1.54) is 11.1 Å². The number of rotatable bonds is 6.